The predicted molar refractivity (Wildman–Crippen MR) is 105 cm³/mol. The molecule has 0 unspecified atom stereocenters. The minimum atomic E-state index is -4.58. The third-order valence-corrected chi connectivity index (χ3v) is 5.44. The highest BCUT2D eigenvalue weighted by Crippen LogP contribution is 2.30. The standard InChI is InChI=1S/C20H19F3N6O/c21-20(22,23)30-14-4-2-13(3-5-14)27-19-26-10-16-15(9-25-18(16)28-19)12-1-6-17-24-7-8-29(17)11-12/h1,6-11,13-14H,2-5H2,(H2,25,26,27,28). The molecule has 0 aliphatic heterocycles. The van der Waals surface area contributed by atoms with E-state index in [1.807, 2.05) is 35.1 Å². The zero-order valence-corrected chi connectivity index (χ0v) is 15.9. The number of hydrogen-bond acceptors (Lipinski definition) is 5. The SMILES string of the molecule is FC(F)(F)OC1CCC(Nc2ncc3c(-c4ccc5nccn5c4)c[nH]c3n2)CC1. The lowest BCUT2D eigenvalue weighted by Gasteiger charge is -2.29. The highest BCUT2D eigenvalue weighted by Gasteiger charge is 2.35. The molecule has 4 heterocycles. The Morgan fingerprint density at radius 2 is 1.97 bits per heavy atom. The molecule has 4 aromatic rings. The number of halogens is 3. The monoisotopic (exact) mass is 416 g/mol. The fraction of sp³-hybridized carbons (Fsp3) is 0.350. The summed E-state index contributed by atoms with van der Waals surface area (Å²) in [6.45, 7) is 0. The Morgan fingerprint density at radius 1 is 1.13 bits per heavy atom. The molecule has 5 rings (SSSR count). The van der Waals surface area contributed by atoms with Crippen LogP contribution < -0.4 is 5.32 Å². The van der Waals surface area contributed by atoms with Gasteiger partial charge in [0.1, 0.15) is 11.3 Å². The molecule has 1 aliphatic carbocycles. The summed E-state index contributed by atoms with van der Waals surface area (Å²) in [5, 5.41) is 4.13. The molecule has 1 fully saturated rings. The van der Waals surface area contributed by atoms with E-state index in [1.54, 1.807) is 12.4 Å². The molecular formula is C20H19F3N6O. The third kappa shape index (κ3) is 3.82. The van der Waals surface area contributed by atoms with E-state index in [-0.39, 0.29) is 6.04 Å². The molecule has 1 saturated carbocycles. The van der Waals surface area contributed by atoms with Gasteiger partial charge in [-0.25, -0.2) is 9.97 Å². The van der Waals surface area contributed by atoms with Crippen molar-refractivity contribution in [2.75, 3.05) is 5.32 Å². The van der Waals surface area contributed by atoms with Gasteiger partial charge in [0, 0.05) is 53.5 Å². The van der Waals surface area contributed by atoms with E-state index in [0.717, 1.165) is 22.2 Å². The average molecular weight is 416 g/mol. The molecule has 0 aromatic carbocycles. The van der Waals surface area contributed by atoms with Crippen molar-refractivity contribution < 1.29 is 17.9 Å². The second-order valence-corrected chi connectivity index (χ2v) is 7.45. The van der Waals surface area contributed by atoms with Crippen LogP contribution in [0.1, 0.15) is 25.7 Å². The van der Waals surface area contributed by atoms with Crippen LogP contribution in [0.15, 0.2) is 43.1 Å². The van der Waals surface area contributed by atoms with Gasteiger partial charge < -0.3 is 14.7 Å². The molecule has 0 amide bonds. The van der Waals surface area contributed by atoms with Crippen molar-refractivity contribution in [2.24, 2.45) is 0 Å². The van der Waals surface area contributed by atoms with Gasteiger partial charge in [0.05, 0.1) is 6.10 Å². The quantitative estimate of drug-likeness (QED) is 0.511. The first-order valence-corrected chi connectivity index (χ1v) is 9.73. The van der Waals surface area contributed by atoms with Crippen LogP contribution in [0.4, 0.5) is 19.1 Å². The number of ether oxygens (including phenoxy) is 1. The fourth-order valence-electron chi connectivity index (χ4n) is 3.99. The number of nitrogens with zero attached hydrogens (tertiary/aromatic N) is 4. The second-order valence-electron chi connectivity index (χ2n) is 7.45. The van der Waals surface area contributed by atoms with Crippen LogP contribution in [0.5, 0.6) is 0 Å². The van der Waals surface area contributed by atoms with E-state index in [2.05, 4.69) is 30.0 Å². The summed E-state index contributed by atoms with van der Waals surface area (Å²) < 4.78 is 43.1. The van der Waals surface area contributed by atoms with E-state index < -0.39 is 12.5 Å². The lowest BCUT2D eigenvalue weighted by atomic mass is 9.93. The first-order chi connectivity index (χ1) is 14.4. The van der Waals surface area contributed by atoms with E-state index in [4.69, 9.17) is 0 Å². The summed E-state index contributed by atoms with van der Waals surface area (Å²) in [7, 11) is 0. The number of aromatic nitrogens is 5. The van der Waals surface area contributed by atoms with Crippen molar-refractivity contribution in [3.8, 4) is 11.1 Å². The smallest absolute Gasteiger partial charge is 0.351 e. The Labute approximate surface area is 169 Å². The Balaban J connectivity index is 1.29. The number of alkyl halides is 3. The van der Waals surface area contributed by atoms with Gasteiger partial charge in [0.15, 0.2) is 0 Å². The Hall–Kier alpha value is -3.14. The molecule has 7 nitrogen and oxygen atoms in total. The lowest BCUT2D eigenvalue weighted by Crippen LogP contribution is -2.33. The van der Waals surface area contributed by atoms with Gasteiger partial charge in [-0.1, -0.05) is 0 Å². The topological polar surface area (TPSA) is 80.1 Å². The van der Waals surface area contributed by atoms with Crippen LogP contribution in [0.2, 0.25) is 0 Å². The second kappa shape index (κ2) is 7.28. The number of anilines is 1. The normalized spacial score (nSPS) is 20.1. The van der Waals surface area contributed by atoms with Gasteiger partial charge >= 0.3 is 6.36 Å². The molecule has 0 atom stereocenters. The van der Waals surface area contributed by atoms with Crippen molar-refractivity contribution in [1.82, 2.24) is 24.3 Å². The van der Waals surface area contributed by atoms with Gasteiger partial charge in [0.2, 0.25) is 5.95 Å². The van der Waals surface area contributed by atoms with Gasteiger partial charge in [-0.2, -0.15) is 4.98 Å². The zero-order valence-electron chi connectivity index (χ0n) is 15.9. The van der Waals surface area contributed by atoms with Crippen LogP contribution >= 0.6 is 0 Å². The first kappa shape index (κ1) is 18.9. The number of hydrogen-bond donors (Lipinski definition) is 2. The van der Waals surface area contributed by atoms with Crippen molar-refractivity contribution in [3.63, 3.8) is 0 Å². The molecule has 2 N–H and O–H groups in total. The van der Waals surface area contributed by atoms with Crippen LogP contribution in [-0.4, -0.2) is 42.8 Å². The Morgan fingerprint density at radius 3 is 2.77 bits per heavy atom. The van der Waals surface area contributed by atoms with Gasteiger partial charge in [-0.05, 0) is 37.8 Å². The summed E-state index contributed by atoms with van der Waals surface area (Å²) in [6.07, 6.45) is 5.78. The number of aromatic amines is 1. The van der Waals surface area contributed by atoms with Crippen LogP contribution in [0.3, 0.4) is 0 Å². The molecule has 1 aliphatic rings. The fourth-order valence-corrected chi connectivity index (χ4v) is 3.99. The molecule has 30 heavy (non-hydrogen) atoms. The highest BCUT2D eigenvalue weighted by atomic mass is 19.4. The minimum Gasteiger partial charge on any atom is -0.351 e. The Bertz CT molecular complexity index is 1180. The van der Waals surface area contributed by atoms with E-state index in [9.17, 15) is 13.2 Å². The maximum absolute atomic E-state index is 12.4. The van der Waals surface area contributed by atoms with E-state index in [0.29, 0.717) is 37.3 Å². The van der Waals surface area contributed by atoms with Crippen LogP contribution in [-0.2, 0) is 4.74 Å². The van der Waals surface area contributed by atoms with Gasteiger partial charge in [-0.3, -0.25) is 4.74 Å². The third-order valence-electron chi connectivity index (χ3n) is 5.44. The molecule has 10 heteroatoms. The number of fused-ring (bicyclic) bond motifs is 2. The zero-order chi connectivity index (χ0) is 20.7. The summed E-state index contributed by atoms with van der Waals surface area (Å²) in [5.41, 5.74) is 3.56. The minimum absolute atomic E-state index is 0.0219. The van der Waals surface area contributed by atoms with Crippen molar-refractivity contribution in [2.45, 2.75) is 44.2 Å². The van der Waals surface area contributed by atoms with Gasteiger partial charge in [-0.15, -0.1) is 13.2 Å². The van der Waals surface area contributed by atoms with Gasteiger partial charge in [0.25, 0.3) is 0 Å². The highest BCUT2D eigenvalue weighted by molar-refractivity contribution is 5.93. The van der Waals surface area contributed by atoms with Crippen molar-refractivity contribution in [3.05, 3.63) is 43.1 Å². The lowest BCUT2D eigenvalue weighted by molar-refractivity contribution is -0.345. The van der Waals surface area contributed by atoms with Crippen LogP contribution in [0, 0.1) is 0 Å². The molecular weight excluding hydrogens is 397 g/mol. The van der Waals surface area contributed by atoms with Crippen molar-refractivity contribution in [1.29, 1.82) is 0 Å². The summed E-state index contributed by atoms with van der Waals surface area (Å²) in [6, 6.07) is 3.97. The Kier molecular flexibility index (Phi) is 4.58. The van der Waals surface area contributed by atoms with E-state index >= 15 is 0 Å². The molecule has 0 saturated heterocycles. The van der Waals surface area contributed by atoms with Crippen LogP contribution in [0.25, 0.3) is 27.8 Å². The maximum atomic E-state index is 12.4. The molecule has 0 spiro atoms. The molecule has 4 aromatic heterocycles. The summed E-state index contributed by atoms with van der Waals surface area (Å²) >= 11 is 0. The molecule has 156 valence electrons. The summed E-state index contributed by atoms with van der Waals surface area (Å²) in [5.74, 6) is 0.459. The molecule has 0 bridgehead atoms. The number of imidazole rings is 1. The number of nitrogens with one attached hydrogen (secondary N) is 2. The largest absolute Gasteiger partial charge is 0.522 e. The number of rotatable bonds is 4. The van der Waals surface area contributed by atoms with E-state index in [1.165, 1.54) is 0 Å². The average Bonchev–Trinajstić information content (AvgIpc) is 3.34. The maximum Gasteiger partial charge on any atom is 0.522 e. The van der Waals surface area contributed by atoms with Crippen molar-refractivity contribution >= 4 is 22.6 Å². The number of H-pyrrole nitrogens is 1. The summed E-state index contributed by atoms with van der Waals surface area (Å²) in [4.78, 5) is 16.4. The first-order valence-electron chi connectivity index (χ1n) is 9.73. The number of pyridine rings is 1. The molecule has 0 radical (unpaired) electrons. The predicted octanol–water partition coefficient (Wildman–Crippen LogP) is 4.53.